The number of benzene rings is 2. The van der Waals surface area contributed by atoms with Gasteiger partial charge in [-0.2, -0.15) is 0 Å². The summed E-state index contributed by atoms with van der Waals surface area (Å²) in [5.74, 6) is -2.18. The third kappa shape index (κ3) is 18.1. The van der Waals surface area contributed by atoms with Crippen LogP contribution in [0.25, 0.3) is 0 Å². The molecule has 0 aliphatic rings. The summed E-state index contributed by atoms with van der Waals surface area (Å²) < 4.78 is 5.42. The number of carbonyl (C=O) groups is 5. The molecule has 0 spiro atoms. The van der Waals surface area contributed by atoms with Crippen LogP contribution in [0.15, 0.2) is 73.2 Å². The van der Waals surface area contributed by atoms with Crippen LogP contribution in [0.1, 0.15) is 103 Å². The molecule has 56 heavy (non-hydrogen) atoms. The van der Waals surface area contributed by atoms with Gasteiger partial charge in [-0.1, -0.05) is 101 Å². The van der Waals surface area contributed by atoms with Crippen LogP contribution < -0.4 is 21.3 Å². The van der Waals surface area contributed by atoms with E-state index in [2.05, 4.69) is 43.4 Å². The third-order valence-corrected chi connectivity index (χ3v) is 9.13. The van der Waals surface area contributed by atoms with E-state index >= 15 is 0 Å². The number of rotatable bonds is 22. The largest absolute Gasteiger partial charge is 0.444 e. The van der Waals surface area contributed by atoms with Crippen LogP contribution in [-0.4, -0.2) is 74.6 Å². The van der Waals surface area contributed by atoms with Gasteiger partial charge in [-0.3, -0.25) is 24.5 Å². The topological polar surface area (TPSA) is 192 Å². The molecule has 0 bridgehead atoms. The SMILES string of the molecule is CC(C)C[C@H](NC(=O)[C@H](Cc1cnc[nH]1)NC(=O)[C@H](Cc1ccccc1)NC(=O)OC(C)(C)C)[C@@H](O)CC(=O)NC(=O)C[C@@H](C)CCCCCc1ccccc1. The van der Waals surface area contributed by atoms with Crippen LogP contribution in [-0.2, 0) is 43.2 Å². The van der Waals surface area contributed by atoms with Crippen LogP contribution in [0.2, 0.25) is 0 Å². The molecule has 0 unspecified atom stereocenters. The first-order chi connectivity index (χ1) is 26.6. The van der Waals surface area contributed by atoms with E-state index in [1.54, 1.807) is 20.8 Å². The maximum atomic E-state index is 13.9. The lowest BCUT2D eigenvalue weighted by atomic mass is 9.96. The number of hydrogen-bond donors (Lipinski definition) is 6. The third-order valence-electron chi connectivity index (χ3n) is 9.13. The highest BCUT2D eigenvalue weighted by molar-refractivity contribution is 5.95. The van der Waals surface area contributed by atoms with Crippen molar-refractivity contribution >= 4 is 29.7 Å². The number of aliphatic hydroxyl groups excluding tert-OH is 1. The number of aliphatic hydroxyl groups is 1. The Labute approximate surface area is 331 Å². The monoisotopic (exact) mass is 774 g/mol. The highest BCUT2D eigenvalue weighted by Crippen LogP contribution is 2.16. The van der Waals surface area contributed by atoms with E-state index in [9.17, 15) is 29.1 Å². The second kappa shape index (κ2) is 23.1. The highest BCUT2D eigenvalue weighted by atomic mass is 16.6. The van der Waals surface area contributed by atoms with E-state index < -0.39 is 66.0 Å². The van der Waals surface area contributed by atoms with Gasteiger partial charge < -0.3 is 30.8 Å². The summed E-state index contributed by atoms with van der Waals surface area (Å²) in [5.41, 5.74) is 1.84. The number of aromatic amines is 1. The predicted molar refractivity (Wildman–Crippen MR) is 215 cm³/mol. The molecule has 13 nitrogen and oxygen atoms in total. The number of unbranched alkanes of at least 4 members (excludes halogenated alkanes) is 2. The Bertz CT molecular complexity index is 1640. The van der Waals surface area contributed by atoms with Gasteiger partial charge in [-0.05, 0) is 63.0 Å². The first-order valence-corrected chi connectivity index (χ1v) is 19.7. The standard InChI is InChI=1S/C43H62N6O7/c1-29(2)22-34(37(50)26-39(52)49-38(51)23-30(3)16-10-7-11-17-31-18-12-8-13-19-31)46-41(54)36(25-33-27-44-28-45-33)47-40(53)35(24-32-20-14-9-15-21-32)48-42(55)56-43(4,5)6/h8-9,12-15,18-21,27-30,34-37,50H,7,10-11,16-17,22-26H2,1-6H3,(H,44,45)(H,46,54)(H,47,53)(H,48,55)(H,49,51,52)/t30-,34-,35-,36-,37-/m0/s1. The Kier molecular flexibility index (Phi) is 18.7. The maximum absolute atomic E-state index is 13.9. The van der Waals surface area contributed by atoms with E-state index in [0.29, 0.717) is 12.1 Å². The number of aryl methyl sites for hydroxylation is 1. The molecule has 1 aromatic heterocycles. The van der Waals surface area contributed by atoms with Crippen molar-refractivity contribution < 1.29 is 33.8 Å². The summed E-state index contributed by atoms with van der Waals surface area (Å²) in [5, 5.41) is 21.9. The van der Waals surface area contributed by atoms with Crippen molar-refractivity contribution in [2.45, 2.75) is 136 Å². The molecule has 0 fully saturated rings. The maximum Gasteiger partial charge on any atom is 0.408 e. The van der Waals surface area contributed by atoms with Crippen molar-refractivity contribution in [3.63, 3.8) is 0 Å². The zero-order valence-corrected chi connectivity index (χ0v) is 33.8. The number of aromatic nitrogens is 2. The molecule has 3 aromatic rings. The lowest BCUT2D eigenvalue weighted by Crippen LogP contribution is -2.57. The van der Waals surface area contributed by atoms with Crippen molar-refractivity contribution in [2.24, 2.45) is 11.8 Å². The Balaban J connectivity index is 1.61. The molecule has 0 aliphatic heterocycles. The number of alkyl carbamates (subject to hydrolysis) is 1. The van der Waals surface area contributed by atoms with E-state index in [0.717, 1.165) is 37.7 Å². The summed E-state index contributed by atoms with van der Waals surface area (Å²) >= 11 is 0. The Morgan fingerprint density at radius 1 is 0.768 bits per heavy atom. The summed E-state index contributed by atoms with van der Waals surface area (Å²) in [6.45, 7) is 11.0. The Morgan fingerprint density at radius 3 is 1.98 bits per heavy atom. The quantitative estimate of drug-likeness (QED) is 0.0739. The minimum Gasteiger partial charge on any atom is -0.444 e. The zero-order valence-electron chi connectivity index (χ0n) is 33.8. The number of ether oxygens (including phenoxy) is 1. The number of H-pyrrole nitrogens is 1. The molecule has 0 radical (unpaired) electrons. The van der Waals surface area contributed by atoms with Gasteiger partial charge in [0, 0.05) is 31.2 Å². The van der Waals surface area contributed by atoms with Crippen molar-refractivity contribution in [2.75, 3.05) is 0 Å². The molecule has 0 saturated heterocycles. The molecule has 5 amide bonds. The van der Waals surface area contributed by atoms with Crippen LogP contribution in [0.5, 0.6) is 0 Å². The molecule has 2 aromatic carbocycles. The second-order valence-corrected chi connectivity index (χ2v) is 16.1. The van der Waals surface area contributed by atoms with Crippen molar-refractivity contribution in [1.29, 1.82) is 0 Å². The normalized spacial score (nSPS) is 14.1. The number of hydrogen-bond acceptors (Lipinski definition) is 8. The second-order valence-electron chi connectivity index (χ2n) is 16.1. The molecule has 1 heterocycles. The fourth-order valence-corrected chi connectivity index (χ4v) is 6.36. The van der Waals surface area contributed by atoms with Crippen LogP contribution in [0, 0.1) is 11.8 Å². The highest BCUT2D eigenvalue weighted by Gasteiger charge is 2.32. The van der Waals surface area contributed by atoms with Gasteiger partial charge in [-0.15, -0.1) is 0 Å². The van der Waals surface area contributed by atoms with E-state index in [-0.39, 0.29) is 31.1 Å². The molecule has 0 saturated carbocycles. The van der Waals surface area contributed by atoms with Crippen molar-refractivity contribution in [1.82, 2.24) is 31.2 Å². The zero-order chi connectivity index (χ0) is 41.1. The van der Waals surface area contributed by atoms with Crippen molar-refractivity contribution in [3.8, 4) is 0 Å². The molecule has 6 N–H and O–H groups in total. The Morgan fingerprint density at radius 2 is 1.38 bits per heavy atom. The number of imidazole rings is 1. The first-order valence-electron chi connectivity index (χ1n) is 19.7. The van der Waals surface area contributed by atoms with Gasteiger partial charge in [0.1, 0.15) is 17.7 Å². The summed E-state index contributed by atoms with van der Waals surface area (Å²) in [6.07, 6.45) is 6.11. The summed E-state index contributed by atoms with van der Waals surface area (Å²) in [6, 6.07) is 16.3. The number of imide groups is 1. The first kappa shape index (κ1) is 45.4. The van der Waals surface area contributed by atoms with Gasteiger partial charge in [-0.25, -0.2) is 9.78 Å². The predicted octanol–water partition coefficient (Wildman–Crippen LogP) is 5.33. The van der Waals surface area contributed by atoms with E-state index in [1.165, 1.54) is 18.1 Å². The van der Waals surface area contributed by atoms with E-state index in [4.69, 9.17) is 4.74 Å². The van der Waals surface area contributed by atoms with Gasteiger partial charge >= 0.3 is 6.09 Å². The number of amides is 5. The van der Waals surface area contributed by atoms with Crippen LogP contribution >= 0.6 is 0 Å². The molecule has 5 atom stereocenters. The molecular weight excluding hydrogens is 713 g/mol. The molecule has 0 aliphatic carbocycles. The molecule has 306 valence electrons. The van der Waals surface area contributed by atoms with E-state index in [1.807, 2.05) is 69.3 Å². The molecular formula is C43H62N6O7. The molecule has 13 heteroatoms. The number of carbonyl (C=O) groups excluding carboxylic acids is 5. The fraction of sp³-hybridized carbons (Fsp3) is 0.535. The van der Waals surface area contributed by atoms with Gasteiger partial charge in [0.15, 0.2) is 0 Å². The van der Waals surface area contributed by atoms with Crippen LogP contribution in [0.3, 0.4) is 0 Å². The molecule has 3 rings (SSSR count). The minimum absolute atomic E-state index is 0.0158. The lowest BCUT2D eigenvalue weighted by Gasteiger charge is -2.29. The average Bonchev–Trinajstić information content (AvgIpc) is 3.63. The minimum atomic E-state index is -1.32. The summed E-state index contributed by atoms with van der Waals surface area (Å²) in [4.78, 5) is 73.2. The number of nitrogens with one attached hydrogen (secondary N) is 5. The van der Waals surface area contributed by atoms with Crippen LogP contribution in [0.4, 0.5) is 4.79 Å². The van der Waals surface area contributed by atoms with Gasteiger partial charge in [0.25, 0.3) is 0 Å². The fourth-order valence-electron chi connectivity index (χ4n) is 6.36. The smallest absolute Gasteiger partial charge is 0.408 e. The van der Waals surface area contributed by atoms with Gasteiger partial charge in [0.2, 0.25) is 23.6 Å². The van der Waals surface area contributed by atoms with Gasteiger partial charge in [0.05, 0.1) is 24.9 Å². The summed E-state index contributed by atoms with van der Waals surface area (Å²) in [7, 11) is 0. The lowest BCUT2D eigenvalue weighted by molar-refractivity contribution is -0.133. The Hall–Kier alpha value is -5.04. The number of nitrogens with zero attached hydrogens (tertiary/aromatic N) is 1. The van der Waals surface area contributed by atoms with Crippen molar-refractivity contribution in [3.05, 3.63) is 90.0 Å². The average molecular weight is 775 g/mol.